The summed E-state index contributed by atoms with van der Waals surface area (Å²) < 4.78 is 0. The molecule has 0 radical (unpaired) electrons. The van der Waals surface area contributed by atoms with E-state index in [0.29, 0.717) is 16.6 Å². The minimum Gasteiger partial charge on any atom is -0.354 e. The Morgan fingerprint density at radius 2 is 2.16 bits per heavy atom. The Bertz CT molecular complexity index is 416. The van der Waals surface area contributed by atoms with Crippen LogP contribution in [-0.4, -0.2) is 24.2 Å². The fourth-order valence-electron chi connectivity index (χ4n) is 1.23. The Morgan fingerprint density at radius 1 is 1.47 bits per heavy atom. The van der Waals surface area contributed by atoms with Crippen LogP contribution >= 0.6 is 47.4 Å². The lowest BCUT2D eigenvalue weighted by atomic mass is 10.2. The van der Waals surface area contributed by atoms with E-state index in [1.807, 2.05) is 12.1 Å². The number of carbonyl (C=O) groups is 1. The lowest BCUT2D eigenvalue weighted by Crippen LogP contribution is -2.39. The van der Waals surface area contributed by atoms with Crippen LogP contribution in [0.3, 0.4) is 0 Å². The Hall–Kier alpha value is -0.130. The van der Waals surface area contributed by atoms with Gasteiger partial charge in [-0.15, -0.1) is 12.4 Å². The van der Waals surface area contributed by atoms with E-state index in [2.05, 4.69) is 5.32 Å². The van der Waals surface area contributed by atoms with Gasteiger partial charge in [-0.25, -0.2) is 0 Å². The molecule has 1 unspecified atom stereocenters. The molecule has 1 atom stereocenters. The molecule has 3 N–H and O–H groups in total. The molecule has 0 heterocycles. The minimum atomic E-state index is -0.458. The quantitative estimate of drug-likeness (QED) is 0.780. The average molecular weight is 344 g/mol. The van der Waals surface area contributed by atoms with Crippen LogP contribution in [0.25, 0.3) is 0 Å². The van der Waals surface area contributed by atoms with Crippen molar-refractivity contribution in [3.63, 3.8) is 0 Å². The Kier molecular flexibility index (Phi) is 9.66. The zero-order valence-electron chi connectivity index (χ0n) is 10.5. The summed E-state index contributed by atoms with van der Waals surface area (Å²) in [6.07, 6.45) is 0. The molecule has 7 heteroatoms. The standard InChI is InChI=1S/C12H16Cl2N2OS.ClH/c1-8(15)12(17)16-4-5-18-7-9-2-3-10(13)6-11(9)14;/h2-3,6,8H,4-5,7,15H2,1H3,(H,16,17);1H. The summed E-state index contributed by atoms with van der Waals surface area (Å²) in [5.74, 6) is 1.49. The highest BCUT2D eigenvalue weighted by Gasteiger charge is 2.05. The van der Waals surface area contributed by atoms with E-state index in [-0.39, 0.29) is 18.3 Å². The topological polar surface area (TPSA) is 55.1 Å². The molecule has 0 saturated heterocycles. The second kappa shape index (κ2) is 9.72. The fourth-order valence-corrected chi connectivity index (χ4v) is 2.65. The van der Waals surface area contributed by atoms with Crippen molar-refractivity contribution >= 4 is 53.3 Å². The molecular formula is C12H17Cl3N2OS. The summed E-state index contributed by atoms with van der Waals surface area (Å²) in [6.45, 7) is 2.27. The van der Waals surface area contributed by atoms with E-state index in [4.69, 9.17) is 28.9 Å². The number of benzene rings is 1. The molecule has 0 aromatic heterocycles. The van der Waals surface area contributed by atoms with Crippen LogP contribution in [0.5, 0.6) is 0 Å². The van der Waals surface area contributed by atoms with E-state index < -0.39 is 6.04 Å². The van der Waals surface area contributed by atoms with Crippen LogP contribution in [0.15, 0.2) is 18.2 Å². The first kappa shape index (κ1) is 18.9. The van der Waals surface area contributed by atoms with Crippen LogP contribution in [0, 0.1) is 0 Å². The molecule has 1 amide bonds. The first-order valence-electron chi connectivity index (χ1n) is 5.55. The van der Waals surface area contributed by atoms with E-state index in [9.17, 15) is 4.79 Å². The number of amides is 1. The highest BCUT2D eigenvalue weighted by molar-refractivity contribution is 7.98. The summed E-state index contributed by atoms with van der Waals surface area (Å²) in [5, 5.41) is 4.07. The molecule has 1 aromatic carbocycles. The van der Waals surface area contributed by atoms with Gasteiger partial charge in [0.25, 0.3) is 0 Å². The summed E-state index contributed by atoms with van der Waals surface area (Å²) in [4.78, 5) is 11.2. The number of nitrogens with two attached hydrogens (primary N) is 1. The van der Waals surface area contributed by atoms with Gasteiger partial charge >= 0.3 is 0 Å². The van der Waals surface area contributed by atoms with Crippen molar-refractivity contribution in [3.8, 4) is 0 Å². The summed E-state index contributed by atoms with van der Waals surface area (Å²) in [6, 6.07) is 5.01. The first-order chi connectivity index (χ1) is 8.50. The maximum atomic E-state index is 11.2. The van der Waals surface area contributed by atoms with Gasteiger partial charge in [0, 0.05) is 28.1 Å². The molecule has 108 valence electrons. The van der Waals surface area contributed by atoms with Crippen molar-refractivity contribution in [2.24, 2.45) is 5.73 Å². The first-order valence-corrected chi connectivity index (χ1v) is 7.46. The summed E-state index contributed by atoms with van der Waals surface area (Å²) in [7, 11) is 0. The summed E-state index contributed by atoms with van der Waals surface area (Å²) >= 11 is 13.6. The highest BCUT2D eigenvalue weighted by Crippen LogP contribution is 2.24. The zero-order valence-corrected chi connectivity index (χ0v) is 13.6. The van der Waals surface area contributed by atoms with Gasteiger partial charge in [-0.1, -0.05) is 29.3 Å². The zero-order chi connectivity index (χ0) is 13.5. The molecular weight excluding hydrogens is 327 g/mol. The average Bonchev–Trinajstić information content (AvgIpc) is 2.30. The van der Waals surface area contributed by atoms with Gasteiger partial charge in [-0.05, 0) is 24.6 Å². The third kappa shape index (κ3) is 7.28. The normalized spacial score (nSPS) is 11.6. The fraction of sp³-hybridized carbons (Fsp3) is 0.417. The minimum absolute atomic E-state index is 0. The number of hydrogen-bond donors (Lipinski definition) is 2. The van der Waals surface area contributed by atoms with Crippen LogP contribution in [0.1, 0.15) is 12.5 Å². The number of thioether (sulfide) groups is 1. The van der Waals surface area contributed by atoms with Gasteiger partial charge in [-0.3, -0.25) is 4.79 Å². The summed E-state index contributed by atoms with van der Waals surface area (Å²) in [5.41, 5.74) is 6.47. The van der Waals surface area contributed by atoms with Gasteiger partial charge in [0.05, 0.1) is 6.04 Å². The van der Waals surface area contributed by atoms with E-state index >= 15 is 0 Å². The van der Waals surface area contributed by atoms with Crippen molar-refractivity contribution in [2.45, 2.75) is 18.7 Å². The third-order valence-electron chi connectivity index (χ3n) is 2.23. The third-order valence-corrected chi connectivity index (χ3v) is 3.83. The predicted molar refractivity (Wildman–Crippen MR) is 86.5 cm³/mol. The number of nitrogens with one attached hydrogen (secondary N) is 1. The number of carbonyl (C=O) groups excluding carboxylic acids is 1. The second-order valence-corrected chi connectivity index (χ2v) is 5.82. The lowest BCUT2D eigenvalue weighted by Gasteiger charge is -2.08. The van der Waals surface area contributed by atoms with Crippen LogP contribution in [0.4, 0.5) is 0 Å². The largest absolute Gasteiger partial charge is 0.354 e. The smallest absolute Gasteiger partial charge is 0.236 e. The van der Waals surface area contributed by atoms with Crippen LogP contribution in [0.2, 0.25) is 10.0 Å². The molecule has 0 bridgehead atoms. The molecule has 1 rings (SSSR count). The highest BCUT2D eigenvalue weighted by atomic mass is 35.5. The van der Waals surface area contributed by atoms with Gasteiger partial charge in [0.1, 0.15) is 0 Å². The van der Waals surface area contributed by atoms with Crippen molar-refractivity contribution in [1.29, 1.82) is 0 Å². The SMILES string of the molecule is CC(N)C(=O)NCCSCc1ccc(Cl)cc1Cl.Cl. The van der Waals surface area contributed by atoms with Crippen LogP contribution in [-0.2, 0) is 10.5 Å². The van der Waals surface area contributed by atoms with Gasteiger partial charge in [0.15, 0.2) is 0 Å². The molecule has 0 fully saturated rings. The van der Waals surface area contributed by atoms with Gasteiger partial charge < -0.3 is 11.1 Å². The van der Waals surface area contributed by atoms with E-state index in [1.165, 1.54) is 0 Å². The van der Waals surface area contributed by atoms with Crippen LogP contribution < -0.4 is 11.1 Å². The van der Waals surface area contributed by atoms with E-state index in [0.717, 1.165) is 17.1 Å². The molecule has 19 heavy (non-hydrogen) atoms. The van der Waals surface area contributed by atoms with E-state index in [1.54, 1.807) is 24.8 Å². The Morgan fingerprint density at radius 3 is 2.74 bits per heavy atom. The molecule has 0 aliphatic rings. The van der Waals surface area contributed by atoms with Crippen molar-refractivity contribution in [3.05, 3.63) is 33.8 Å². The second-order valence-electron chi connectivity index (χ2n) is 3.87. The molecule has 0 aliphatic carbocycles. The van der Waals surface area contributed by atoms with Gasteiger partial charge in [-0.2, -0.15) is 11.8 Å². The number of rotatable bonds is 6. The van der Waals surface area contributed by atoms with Crippen molar-refractivity contribution in [1.82, 2.24) is 5.32 Å². The molecule has 0 saturated carbocycles. The maximum absolute atomic E-state index is 11.2. The lowest BCUT2D eigenvalue weighted by molar-refractivity contribution is -0.121. The predicted octanol–water partition coefficient (Wildman–Crippen LogP) is 3.11. The Labute approximate surface area is 134 Å². The van der Waals surface area contributed by atoms with Crippen molar-refractivity contribution < 1.29 is 4.79 Å². The molecule has 0 aliphatic heterocycles. The maximum Gasteiger partial charge on any atom is 0.236 e. The van der Waals surface area contributed by atoms with Gasteiger partial charge in [0.2, 0.25) is 5.91 Å². The molecule has 0 spiro atoms. The molecule has 3 nitrogen and oxygen atoms in total. The number of hydrogen-bond acceptors (Lipinski definition) is 3. The molecule has 1 aromatic rings. The Balaban J connectivity index is 0.00000324. The number of halogens is 3. The monoisotopic (exact) mass is 342 g/mol. The van der Waals surface area contributed by atoms with Crippen molar-refractivity contribution in [2.75, 3.05) is 12.3 Å².